The molecule has 0 bridgehead atoms. The first kappa shape index (κ1) is 14.1. The van der Waals surface area contributed by atoms with E-state index in [0.717, 1.165) is 12.8 Å². The van der Waals surface area contributed by atoms with Crippen molar-refractivity contribution >= 4 is 5.91 Å². The number of nitrogens with two attached hydrogens (primary N) is 1. The van der Waals surface area contributed by atoms with E-state index in [2.05, 4.69) is 31.2 Å². The molecule has 0 aromatic heterocycles. The maximum absolute atomic E-state index is 12.4. The van der Waals surface area contributed by atoms with Crippen LogP contribution in [0.25, 0.3) is 0 Å². The van der Waals surface area contributed by atoms with Gasteiger partial charge in [0.1, 0.15) is 0 Å². The summed E-state index contributed by atoms with van der Waals surface area (Å²) in [5.41, 5.74) is 8.44. The molecule has 2 N–H and O–H groups in total. The summed E-state index contributed by atoms with van der Waals surface area (Å²) >= 11 is 0. The lowest BCUT2D eigenvalue weighted by atomic mass is 10.0. The Morgan fingerprint density at radius 2 is 1.89 bits per heavy atom. The lowest BCUT2D eigenvalue weighted by Crippen LogP contribution is -2.47. The van der Waals surface area contributed by atoms with Crippen molar-refractivity contribution in [3.63, 3.8) is 0 Å². The van der Waals surface area contributed by atoms with Crippen molar-refractivity contribution in [2.75, 3.05) is 0 Å². The molecule has 104 valence electrons. The van der Waals surface area contributed by atoms with Crippen LogP contribution in [0.15, 0.2) is 24.3 Å². The predicted octanol–water partition coefficient (Wildman–Crippen LogP) is 2.47. The van der Waals surface area contributed by atoms with Crippen LogP contribution in [0.1, 0.15) is 37.8 Å². The second kappa shape index (κ2) is 5.74. The molecule has 1 atom stereocenters. The van der Waals surface area contributed by atoms with Gasteiger partial charge in [-0.25, -0.2) is 0 Å². The van der Waals surface area contributed by atoms with Gasteiger partial charge in [-0.3, -0.25) is 4.79 Å². The largest absolute Gasteiger partial charge is 0.334 e. The average molecular weight is 260 g/mol. The number of hydrogen-bond donors (Lipinski definition) is 1. The maximum atomic E-state index is 12.4. The molecule has 1 saturated carbocycles. The van der Waals surface area contributed by atoms with Gasteiger partial charge in [0, 0.05) is 12.6 Å². The zero-order chi connectivity index (χ0) is 14.0. The highest BCUT2D eigenvalue weighted by molar-refractivity contribution is 5.82. The van der Waals surface area contributed by atoms with Crippen molar-refractivity contribution in [2.45, 2.75) is 52.2 Å². The van der Waals surface area contributed by atoms with Gasteiger partial charge < -0.3 is 10.6 Å². The SMILES string of the molecule is Cc1ccc(CN(C(=O)[C@@H](N)C(C)C)C2CC2)cc1. The molecule has 0 saturated heterocycles. The van der Waals surface area contributed by atoms with Crippen molar-refractivity contribution in [2.24, 2.45) is 11.7 Å². The Morgan fingerprint density at radius 3 is 2.37 bits per heavy atom. The molecule has 1 aliphatic rings. The first-order chi connectivity index (χ1) is 8.99. The minimum Gasteiger partial charge on any atom is -0.334 e. The molecule has 19 heavy (non-hydrogen) atoms. The summed E-state index contributed by atoms with van der Waals surface area (Å²) in [6.07, 6.45) is 2.23. The van der Waals surface area contributed by atoms with E-state index in [4.69, 9.17) is 5.73 Å². The van der Waals surface area contributed by atoms with Gasteiger partial charge in [0.05, 0.1) is 6.04 Å². The van der Waals surface area contributed by atoms with E-state index in [1.165, 1.54) is 11.1 Å². The van der Waals surface area contributed by atoms with Crippen LogP contribution >= 0.6 is 0 Å². The van der Waals surface area contributed by atoms with Gasteiger partial charge in [-0.15, -0.1) is 0 Å². The molecule has 0 spiro atoms. The molecule has 0 heterocycles. The smallest absolute Gasteiger partial charge is 0.240 e. The number of nitrogens with zero attached hydrogens (tertiary/aromatic N) is 1. The minimum absolute atomic E-state index is 0.0954. The standard InChI is InChI=1S/C16H24N2O/c1-11(2)15(17)16(19)18(14-8-9-14)10-13-6-4-12(3)5-7-13/h4-7,11,14-15H,8-10,17H2,1-3H3/t15-/m0/s1. The third kappa shape index (κ3) is 3.57. The third-order valence-corrected chi connectivity index (χ3v) is 3.75. The second-order valence-electron chi connectivity index (χ2n) is 5.95. The Bertz CT molecular complexity index is 435. The number of aryl methyl sites for hydroxylation is 1. The molecule has 1 aromatic carbocycles. The quantitative estimate of drug-likeness (QED) is 0.884. The lowest BCUT2D eigenvalue weighted by molar-refractivity contribution is -0.134. The van der Waals surface area contributed by atoms with Gasteiger partial charge in [-0.05, 0) is 31.2 Å². The van der Waals surface area contributed by atoms with E-state index in [0.29, 0.717) is 12.6 Å². The van der Waals surface area contributed by atoms with Crippen LogP contribution in [-0.4, -0.2) is 22.9 Å². The normalized spacial score (nSPS) is 16.5. The van der Waals surface area contributed by atoms with Gasteiger partial charge in [0.25, 0.3) is 0 Å². The first-order valence-corrected chi connectivity index (χ1v) is 7.10. The molecule has 0 unspecified atom stereocenters. The van der Waals surface area contributed by atoms with Gasteiger partial charge in [-0.1, -0.05) is 43.7 Å². The fraction of sp³-hybridized carbons (Fsp3) is 0.562. The summed E-state index contributed by atoms with van der Waals surface area (Å²) in [5.74, 6) is 0.282. The Labute approximate surface area is 115 Å². The molecule has 1 aliphatic carbocycles. The Hall–Kier alpha value is -1.35. The van der Waals surface area contributed by atoms with Crippen molar-refractivity contribution in [1.29, 1.82) is 0 Å². The van der Waals surface area contributed by atoms with Crippen LogP contribution in [0, 0.1) is 12.8 Å². The molecule has 0 radical (unpaired) electrons. The van der Waals surface area contributed by atoms with Crippen LogP contribution in [0.5, 0.6) is 0 Å². The Balaban J connectivity index is 2.08. The summed E-state index contributed by atoms with van der Waals surface area (Å²) in [6, 6.07) is 8.39. The number of carbonyl (C=O) groups is 1. The summed E-state index contributed by atoms with van der Waals surface area (Å²) in [4.78, 5) is 14.4. The van der Waals surface area contributed by atoms with Crippen LogP contribution < -0.4 is 5.73 Å². The number of carbonyl (C=O) groups excluding carboxylic acids is 1. The fourth-order valence-corrected chi connectivity index (χ4v) is 2.14. The fourth-order valence-electron chi connectivity index (χ4n) is 2.14. The Morgan fingerprint density at radius 1 is 1.32 bits per heavy atom. The van der Waals surface area contributed by atoms with Gasteiger partial charge in [0.15, 0.2) is 0 Å². The van der Waals surface area contributed by atoms with Gasteiger partial charge >= 0.3 is 0 Å². The highest BCUT2D eigenvalue weighted by Gasteiger charge is 2.35. The van der Waals surface area contributed by atoms with Crippen molar-refractivity contribution < 1.29 is 4.79 Å². The minimum atomic E-state index is -0.383. The number of rotatable bonds is 5. The Kier molecular flexibility index (Phi) is 4.25. The number of hydrogen-bond acceptors (Lipinski definition) is 2. The molecule has 3 heteroatoms. The third-order valence-electron chi connectivity index (χ3n) is 3.75. The first-order valence-electron chi connectivity index (χ1n) is 7.10. The summed E-state index contributed by atoms with van der Waals surface area (Å²) in [7, 11) is 0. The molecule has 0 aliphatic heterocycles. The molecule has 3 nitrogen and oxygen atoms in total. The van der Waals surface area contributed by atoms with Crippen molar-refractivity contribution in [3.05, 3.63) is 35.4 Å². The molecule has 2 rings (SSSR count). The molecule has 1 aromatic rings. The van der Waals surface area contributed by atoms with E-state index >= 15 is 0 Å². The van der Waals surface area contributed by atoms with Gasteiger partial charge in [0.2, 0.25) is 5.91 Å². The highest BCUT2D eigenvalue weighted by Crippen LogP contribution is 2.29. The van der Waals surface area contributed by atoms with E-state index in [1.807, 2.05) is 18.7 Å². The van der Waals surface area contributed by atoms with Crippen LogP contribution in [0.2, 0.25) is 0 Å². The van der Waals surface area contributed by atoms with Crippen LogP contribution in [-0.2, 0) is 11.3 Å². The zero-order valence-corrected chi connectivity index (χ0v) is 12.1. The molecular weight excluding hydrogens is 236 g/mol. The van der Waals surface area contributed by atoms with Crippen LogP contribution in [0.3, 0.4) is 0 Å². The zero-order valence-electron chi connectivity index (χ0n) is 12.1. The second-order valence-corrected chi connectivity index (χ2v) is 5.95. The molecular formula is C16H24N2O. The maximum Gasteiger partial charge on any atom is 0.240 e. The lowest BCUT2D eigenvalue weighted by Gasteiger charge is -2.27. The summed E-state index contributed by atoms with van der Waals surface area (Å²) in [6.45, 7) is 6.76. The highest BCUT2D eigenvalue weighted by atomic mass is 16.2. The van der Waals surface area contributed by atoms with E-state index in [1.54, 1.807) is 0 Å². The molecule has 1 fully saturated rings. The topological polar surface area (TPSA) is 46.3 Å². The number of amides is 1. The monoisotopic (exact) mass is 260 g/mol. The summed E-state index contributed by atoms with van der Waals surface area (Å²) in [5, 5.41) is 0. The number of benzene rings is 1. The average Bonchev–Trinajstić information content (AvgIpc) is 3.20. The van der Waals surface area contributed by atoms with Gasteiger partial charge in [-0.2, -0.15) is 0 Å². The van der Waals surface area contributed by atoms with E-state index < -0.39 is 0 Å². The van der Waals surface area contributed by atoms with E-state index in [-0.39, 0.29) is 17.9 Å². The van der Waals surface area contributed by atoms with Crippen LogP contribution in [0.4, 0.5) is 0 Å². The van der Waals surface area contributed by atoms with Crippen molar-refractivity contribution in [1.82, 2.24) is 4.90 Å². The molecule has 1 amide bonds. The predicted molar refractivity (Wildman–Crippen MR) is 77.6 cm³/mol. The van der Waals surface area contributed by atoms with E-state index in [9.17, 15) is 4.79 Å². The summed E-state index contributed by atoms with van der Waals surface area (Å²) < 4.78 is 0. The van der Waals surface area contributed by atoms with Crippen molar-refractivity contribution in [3.8, 4) is 0 Å².